The number of carbonyl (C=O) groups is 5. The Labute approximate surface area is 255 Å². The van der Waals surface area contributed by atoms with Crippen molar-refractivity contribution in [3.05, 3.63) is 47.5 Å². The number of benzene rings is 1. The van der Waals surface area contributed by atoms with Crippen molar-refractivity contribution in [2.75, 3.05) is 14.1 Å². The third-order valence-corrected chi connectivity index (χ3v) is 7.70. The zero-order valence-electron chi connectivity index (χ0n) is 27.1. The molecule has 1 aromatic rings. The van der Waals surface area contributed by atoms with Crippen molar-refractivity contribution in [1.82, 2.24) is 20.9 Å². The van der Waals surface area contributed by atoms with Crippen molar-refractivity contribution in [3.8, 4) is 0 Å². The predicted molar refractivity (Wildman–Crippen MR) is 165 cm³/mol. The number of carboxylic acids is 2. The minimum atomic E-state index is -1.37. The van der Waals surface area contributed by atoms with Crippen molar-refractivity contribution in [1.29, 1.82) is 0 Å². The molecule has 0 unspecified atom stereocenters. The van der Waals surface area contributed by atoms with Gasteiger partial charge in [0.05, 0.1) is 12.1 Å². The van der Waals surface area contributed by atoms with Crippen LogP contribution < -0.4 is 16.0 Å². The summed E-state index contributed by atoms with van der Waals surface area (Å²) in [7, 11) is 3.31. The van der Waals surface area contributed by atoms with E-state index in [0.717, 1.165) is 5.56 Å². The highest BCUT2D eigenvalue weighted by atomic mass is 16.4. The zero-order valence-corrected chi connectivity index (χ0v) is 27.1. The first-order valence-electron chi connectivity index (χ1n) is 14.5. The lowest BCUT2D eigenvalue weighted by atomic mass is 9.76. The lowest BCUT2D eigenvalue weighted by Crippen LogP contribution is -2.61. The summed E-state index contributed by atoms with van der Waals surface area (Å²) in [6, 6.07) is 6.17. The van der Waals surface area contributed by atoms with Gasteiger partial charge in [0.25, 0.3) is 0 Å². The van der Waals surface area contributed by atoms with E-state index in [2.05, 4.69) is 16.0 Å². The molecule has 5 N–H and O–H groups in total. The van der Waals surface area contributed by atoms with Gasteiger partial charge in [-0.25, -0.2) is 4.79 Å². The van der Waals surface area contributed by atoms with Gasteiger partial charge >= 0.3 is 11.9 Å². The normalized spacial score (nSPS) is 15.2. The van der Waals surface area contributed by atoms with E-state index >= 15 is 0 Å². The second-order valence-corrected chi connectivity index (χ2v) is 12.9. The highest BCUT2D eigenvalue weighted by Gasteiger charge is 2.41. The first-order chi connectivity index (χ1) is 19.7. The van der Waals surface area contributed by atoms with Crippen LogP contribution in [0.4, 0.5) is 0 Å². The second-order valence-electron chi connectivity index (χ2n) is 12.9. The molecule has 0 heterocycles. The molecule has 0 aliphatic carbocycles. The number of nitrogens with one attached hydrogen (secondary N) is 3. The first kappa shape index (κ1) is 37.3. The lowest BCUT2D eigenvalue weighted by Gasteiger charge is -2.40. The molecule has 11 nitrogen and oxygen atoms in total. The molecular formula is C32H50N4O7. The summed E-state index contributed by atoms with van der Waals surface area (Å²) in [6.45, 7) is 14.8. The topological polar surface area (TPSA) is 165 Å². The van der Waals surface area contributed by atoms with Crippen molar-refractivity contribution in [3.63, 3.8) is 0 Å². The third-order valence-electron chi connectivity index (χ3n) is 7.70. The molecule has 1 rings (SSSR count). The second kappa shape index (κ2) is 15.7. The molecule has 3 amide bonds. The molecule has 0 aliphatic heterocycles. The average molecular weight is 603 g/mol. The smallest absolute Gasteiger partial charge is 0.326 e. The SMILES string of the molecule is CN[C@H](C(=O)N[C@H](C(=O)N(C)[C@H](/C=C(\C)C(=O)N[C@H](CCC(=O)O)C(=O)O)C(C)C)C(C)(C)C)C(C)(C)c1ccccc1. The van der Waals surface area contributed by atoms with Gasteiger partial charge in [-0.3, -0.25) is 19.2 Å². The minimum Gasteiger partial charge on any atom is -0.481 e. The summed E-state index contributed by atoms with van der Waals surface area (Å²) in [5, 5.41) is 26.8. The summed E-state index contributed by atoms with van der Waals surface area (Å²) < 4.78 is 0. The molecule has 0 bridgehead atoms. The number of likely N-dealkylation sites (N-methyl/N-ethyl adjacent to an activating group) is 2. The van der Waals surface area contributed by atoms with Gasteiger partial charge in [-0.15, -0.1) is 0 Å². The van der Waals surface area contributed by atoms with Gasteiger partial charge < -0.3 is 31.1 Å². The summed E-state index contributed by atoms with van der Waals surface area (Å²) in [5.74, 6) is -4.00. The molecule has 1 aromatic carbocycles. The molecule has 4 atom stereocenters. The van der Waals surface area contributed by atoms with Crippen molar-refractivity contribution in [2.45, 2.75) is 97.8 Å². The Morgan fingerprint density at radius 2 is 1.49 bits per heavy atom. The number of nitrogens with zero attached hydrogens (tertiary/aromatic N) is 1. The number of carboxylic acid groups (broad SMARTS) is 2. The fraction of sp³-hybridized carbons (Fsp3) is 0.594. The van der Waals surface area contributed by atoms with Gasteiger partial charge in [-0.1, -0.05) is 84.9 Å². The Bertz CT molecular complexity index is 1170. The number of aliphatic carboxylic acids is 2. The van der Waals surface area contributed by atoms with Crippen LogP contribution in [0.5, 0.6) is 0 Å². The van der Waals surface area contributed by atoms with Crippen LogP contribution in [0.3, 0.4) is 0 Å². The van der Waals surface area contributed by atoms with Gasteiger partial charge in [0.1, 0.15) is 12.1 Å². The molecule has 11 heteroatoms. The van der Waals surface area contributed by atoms with Crippen LogP contribution in [-0.2, 0) is 29.4 Å². The fourth-order valence-corrected chi connectivity index (χ4v) is 4.96. The predicted octanol–water partition coefficient (Wildman–Crippen LogP) is 2.95. The van der Waals surface area contributed by atoms with Crippen LogP contribution in [0.2, 0.25) is 0 Å². The van der Waals surface area contributed by atoms with E-state index < -0.39 is 59.3 Å². The first-order valence-corrected chi connectivity index (χ1v) is 14.5. The number of rotatable bonds is 15. The summed E-state index contributed by atoms with van der Waals surface area (Å²) in [6.07, 6.45) is 0.907. The van der Waals surface area contributed by atoms with E-state index in [1.807, 2.05) is 78.8 Å². The number of carbonyl (C=O) groups excluding carboxylic acids is 3. The Balaban J connectivity index is 3.27. The Morgan fingerprint density at radius 1 is 0.930 bits per heavy atom. The number of hydrogen-bond acceptors (Lipinski definition) is 6. The summed E-state index contributed by atoms with van der Waals surface area (Å²) in [4.78, 5) is 64.5. The molecule has 240 valence electrons. The van der Waals surface area contributed by atoms with E-state index in [-0.39, 0.29) is 29.7 Å². The maximum absolute atomic E-state index is 14.0. The summed E-state index contributed by atoms with van der Waals surface area (Å²) >= 11 is 0. The van der Waals surface area contributed by atoms with Gasteiger partial charge in [0.15, 0.2) is 0 Å². The highest BCUT2D eigenvalue weighted by molar-refractivity contribution is 5.96. The van der Waals surface area contributed by atoms with Gasteiger partial charge in [-0.05, 0) is 37.3 Å². The minimum absolute atomic E-state index is 0.141. The Hall–Kier alpha value is -3.73. The van der Waals surface area contributed by atoms with Crippen LogP contribution >= 0.6 is 0 Å². The van der Waals surface area contributed by atoms with Gasteiger partial charge in [-0.2, -0.15) is 0 Å². The third kappa shape index (κ3) is 10.5. The van der Waals surface area contributed by atoms with E-state index in [9.17, 15) is 29.1 Å². The van der Waals surface area contributed by atoms with Crippen molar-refractivity contribution >= 4 is 29.7 Å². The maximum Gasteiger partial charge on any atom is 0.326 e. The van der Waals surface area contributed by atoms with Crippen LogP contribution in [-0.4, -0.2) is 83.0 Å². The molecule has 0 saturated heterocycles. The summed E-state index contributed by atoms with van der Waals surface area (Å²) in [5.41, 5.74) is -0.112. The molecule has 0 spiro atoms. The van der Waals surface area contributed by atoms with Crippen LogP contribution in [0.15, 0.2) is 42.0 Å². The van der Waals surface area contributed by atoms with Crippen LogP contribution in [0.1, 0.15) is 73.8 Å². The quantitative estimate of drug-likeness (QED) is 0.191. The molecule has 0 aliphatic rings. The highest BCUT2D eigenvalue weighted by Crippen LogP contribution is 2.29. The molecule has 0 fully saturated rings. The fourth-order valence-electron chi connectivity index (χ4n) is 4.96. The monoisotopic (exact) mass is 602 g/mol. The molecule has 0 saturated carbocycles. The Morgan fingerprint density at radius 3 is 1.93 bits per heavy atom. The molecule has 0 radical (unpaired) electrons. The largest absolute Gasteiger partial charge is 0.481 e. The van der Waals surface area contributed by atoms with E-state index in [0.29, 0.717) is 0 Å². The number of hydrogen-bond donors (Lipinski definition) is 5. The molecular weight excluding hydrogens is 552 g/mol. The standard InChI is InChI=1S/C32H50N4O7/c1-19(2)23(18-20(3)27(39)34-22(30(42)43)16-17-24(37)38)36(10)29(41)26(31(4,5)6)35-28(40)25(33-9)32(7,8)21-14-12-11-13-15-21/h11-15,18-19,22-23,25-26,33H,16-17H2,1-10H3,(H,34,39)(H,35,40)(H,37,38)(H,42,43)/b20-18+/t22-,23-,25-,26-/m1/s1. The van der Waals surface area contributed by atoms with E-state index in [4.69, 9.17) is 5.11 Å². The van der Waals surface area contributed by atoms with Gasteiger partial charge in [0, 0.05) is 24.5 Å². The van der Waals surface area contributed by atoms with E-state index in [1.165, 1.54) is 11.8 Å². The van der Waals surface area contributed by atoms with Crippen molar-refractivity contribution < 1.29 is 34.2 Å². The zero-order chi connectivity index (χ0) is 33.3. The Kier molecular flexibility index (Phi) is 13.6. The maximum atomic E-state index is 14.0. The van der Waals surface area contributed by atoms with Crippen molar-refractivity contribution in [2.24, 2.45) is 11.3 Å². The number of amides is 3. The van der Waals surface area contributed by atoms with Crippen LogP contribution in [0.25, 0.3) is 0 Å². The van der Waals surface area contributed by atoms with E-state index in [1.54, 1.807) is 20.2 Å². The average Bonchev–Trinajstić information content (AvgIpc) is 2.91. The van der Waals surface area contributed by atoms with Gasteiger partial charge in [0.2, 0.25) is 17.7 Å². The molecule has 0 aromatic heterocycles. The molecule has 43 heavy (non-hydrogen) atoms. The van der Waals surface area contributed by atoms with Crippen LogP contribution in [0, 0.1) is 11.3 Å². The lowest BCUT2D eigenvalue weighted by molar-refractivity contribution is -0.142.